The molecule has 0 aromatic heterocycles. The molecule has 0 saturated heterocycles. The number of aromatic hydroxyl groups is 1. The molecule has 104 valence electrons. The van der Waals surface area contributed by atoms with E-state index in [0.29, 0.717) is 16.6 Å². The first-order chi connectivity index (χ1) is 9.66. The zero-order valence-corrected chi connectivity index (χ0v) is 12.9. The van der Waals surface area contributed by atoms with Gasteiger partial charge in [-0.3, -0.25) is 4.99 Å². The van der Waals surface area contributed by atoms with Gasteiger partial charge in [-0.15, -0.1) is 11.8 Å². The topological polar surface area (TPSA) is 32.6 Å². The Balaban J connectivity index is 1.85. The van der Waals surface area contributed by atoms with E-state index >= 15 is 0 Å². The summed E-state index contributed by atoms with van der Waals surface area (Å²) in [6.07, 6.45) is 1.68. The third-order valence-corrected chi connectivity index (χ3v) is 4.25. The van der Waals surface area contributed by atoms with Crippen LogP contribution in [0.4, 0.5) is 0 Å². The number of hydrogen-bond acceptors (Lipinski definition) is 3. The maximum atomic E-state index is 9.58. The highest BCUT2D eigenvalue weighted by atomic mass is 35.5. The fourth-order valence-electron chi connectivity index (χ4n) is 1.56. The van der Waals surface area contributed by atoms with Gasteiger partial charge in [0.1, 0.15) is 5.75 Å². The first-order valence-electron chi connectivity index (χ1n) is 6.02. The second kappa shape index (κ2) is 7.58. The van der Waals surface area contributed by atoms with E-state index in [0.717, 1.165) is 16.2 Å². The summed E-state index contributed by atoms with van der Waals surface area (Å²) < 4.78 is 0. The van der Waals surface area contributed by atoms with Crippen LogP contribution in [0.2, 0.25) is 10.0 Å². The van der Waals surface area contributed by atoms with Gasteiger partial charge in [-0.25, -0.2) is 0 Å². The Morgan fingerprint density at radius 3 is 2.75 bits per heavy atom. The van der Waals surface area contributed by atoms with Crippen LogP contribution in [0, 0.1) is 0 Å². The van der Waals surface area contributed by atoms with E-state index in [9.17, 15) is 5.11 Å². The number of nitrogens with zero attached hydrogens (tertiary/aromatic N) is 1. The smallest absolute Gasteiger partial charge is 0.124 e. The van der Waals surface area contributed by atoms with E-state index in [1.807, 2.05) is 18.2 Å². The Kier molecular flexibility index (Phi) is 5.77. The zero-order chi connectivity index (χ0) is 14.4. The molecule has 0 amide bonds. The lowest BCUT2D eigenvalue weighted by molar-refractivity contribution is 0.474. The second-order valence-corrected chi connectivity index (χ2v) is 6.00. The summed E-state index contributed by atoms with van der Waals surface area (Å²) in [6, 6.07) is 12.5. The standard InChI is InChI=1S/C15H13Cl2NOS/c16-12-5-6-13(17)15(9-12)20-8-7-18-10-11-3-1-2-4-14(11)19/h1-6,9-10,19H,7-8H2. The van der Waals surface area contributed by atoms with Gasteiger partial charge in [-0.1, -0.05) is 35.3 Å². The number of para-hydroxylation sites is 1. The van der Waals surface area contributed by atoms with Gasteiger partial charge in [-0.05, 0) is 30.3 Å². The van der Waals surface area contributed by atoms with Gasteiger partial charge in [-0.2, -0.15) is 0 Å². The molecule has 2 aromatic rings. The molecular weight excluding hydrogens is 313 g/mol. The van der Waals surface area contributed by atoms with Crippen molar-refractivity contribution in [2.45, 2.75) is 4.90 Å². The molecule has 0 aliphatic rings. The van der Waals surface area contributed by atoms with Gasteiger partial charge in [0.15, 0.2) is 0 Å². The predicted octanol–water partition coefficient (Wildman–Crippen LogP) is 4.91. The van der Waals surface area contributed by atoms with Gasteiger partial charge < -0.3 is 5.11 Å². The summed E-state index contributed by atoms with van der Waals surface area (Å²) in [5, 5.41) is 11.0. The van der Waals surface area contributed by atoms with Gasteiger partial charge >= 0.3 is 0 Å². The minimum Gasteiger partial charge on any atom is -0.507 e. The molecule has 2 rings (SSSR count). The van der Waals surface area contributed by atoms with Crippen molar-refractivity contribution in [3.05, 3.63) is 58.1 Å². The van der Waals surface area contributed by atoms with E-state index in [2.05, 4.69) is 4.99 Å². The van der Waals surface area contributed by atoms with Crippen molar-refractivity contribution in [1.82, 2.24) is 0 Å². The van der Waals surface area contributed by atoms with Crippen LogP contribution in [-0.4, -0.2) is 23.6 Å². The van der Waals surface area contributed by atoms with E-state index in [4.69, 9.17) is 23.2 Å². The molecule has 2 aromatic carbocycles. The largest absolute Gasteiger partial charge is 0.507 e. The van der Waals surface area contributed by atoms with Crippen LogP contribution >= 0.6 is 35.0 Å². The van der Waals surface area contributed by atoms with E-state index in [1.54, 1.807) is 42.2 Å². The highest BCUT2D eigenvalue weighted by Crippen LogP contribution is 2.29. The van der Waals surface area contributed by atoms with Gasteiger partial charge in [0, 0.05) is 34.0 Å². The fourth-order valence-corrected chi connectivity index (χ4v) is 2.91. The number of thioether (sulfide) groups is 1. The van der Waals surface area contributed by atoms with Gasteiger partial charge in [0.2, 0.25) is 0 Å². The van der Waals surface area contributed by atoms with Crippen LogP contribution in [0.25, 0.3) is 0 Å². The van der Waals surface area contributed by atoms with Gasteiger partial charge in [0.25, 0.3) is 0 Å². The lowest BCUT2D eigenvalue weighted by atomic mass is 10.2. The Labute approximate surface area is 132 Å². The Bertz CT molecular complexity index is 617. The molecule has 0 unspecified atom stereocenters. The van der Waals surface area contributed by atoms with E-state index in [-0.39, 0.29) is 5.75 Å². The maximum Gasteiger partial charge on any atom is 0.124 e. The lowest BCUT2D eigenvalue weighted by Crippen LogP contribution is -1.89. The molecule has 0 fully saturated rings. The minimum absolute atomic E-state index is 0.238. The molecule has 0 atom stereocenters. The molecule has 0 spiro atoms. The average molecular weight is 326 g/mol. The minimum atomic E-state index is 0.238. The number of rotatable bonds is 5. The summed E-state index contributed by atoms with van der Waals surface area (Å²) in [4.78, 5) is 5.24. The fraction of sp³-hybridized carbons (Fsp3) is 0.133. The SMILES string of the molecule is Oc1ccccc1C=NCCSc1cc(Cl)ccc1Cl. The molecule has 0 heterocycles. The predicted molar refractivity (Wildman–Crippen MR) is 87.8 cm³/mol. The first-order valence-corrected chi connectivity index (χ1v) is 7.76. The van der Waals surface area contributed by atoms with Crippen molar-refractivity contribution in [1.29, 1.82) is 0 Å². The molecule has 0 bridgehead atoms. The van der Waals surface area contributed by atoms with Crippen LogP contribution in [0.1, 0.15) is 5.56 Å². The molecule has 0 aliphatic heterocycles. The normalized spacial score (nSPS) is 11.1. The summed E-state index contributed by atoms with van der Waals surface area (Å²) in [7, 11) is 0. The Hall–Kier alpha value is -1.16. The number of aliphatic imine (C=N–C) groups is 1. The van der Waals surface area contributed by atoms with Gasteiger partial charge in [0.05, 0.1) is 5.02 Å². The quantitative estimate of drug-likeness (QED) is 0.481. The third-order valence-electron chi connectivity index (χ3n) is 2.54. The summed E-state index contributed by atoms with van der Waals surface area (Å²) in [5.74, 6) is 1.03. The monoisotopic (exact) mass is 325 g/mol. The number of phenols is 1. The second-order valence-electron chi connectivity index (χ2n) is 4.02. The zero-order valence-electron chi connectivity index (χ0n) is 10.6. The Morgan fingerprint density at radius 2 is 1.95 bits per heavy atom. The maximum absolute atomic E-state index is 9.58. The van der Waals surface area contributed by atoms with Crippen molar-refractivity contribution in [3.8, 4) is 5.75 Å². The lowest BCUT2D eigenvalue weighted by Gasteiger charge is -2.03. The summed E-state index contributed by atoms with van der Waals surface area (Å²) >= 11 is 13.6. The van der Waals surface area contributed by atoms with Crippen LogP contribution in [0.3, 0.4) is 0 Å². The number of hydrogen-bond donors (Lipinski definition) is 1. The van der Waals surface area contributed by atoms with E-state index in [1.165, 1.54) is 0 Å². The molecule has 0 saturated carbocycles. The third kappa shape index (κ3) is 4.44. The van der Waals surface area contributed by atoms with Crippen LogP contribution < -0.4 is 0 Å². The van der Waals surface area contributed by atoms with Crippen LogP contribution in [-0.2, 0) is 0 Å². The molecule has 0 aliphatic carbocycles. The number of benzene rings is 2. The molecule has 0 radical (unpaired) electrons. The highest BCUT2D eigenvalue weighted by molar-refractivity contribution is 7.99. The molecular formula is C15H13Cl2NOS. The summed E-state index contributed by atoms with van der Waals surface area (Å²) in [6.45, 7) is 0.641. The number of halogens is 2. The number of phenolic OH excluding ortho intramolecular Hbond substituents is 1. The average Bonchev–Trinajstić information content (AvgIpc) is 2.44. The summed E-state index contributed by atoms with van der Waals surface area (Å²) in [5.41, 5.74) is 0.721. The molecule has 20 heavy (non-hydrogen) atoms. The first kappa shape index (κ1) is 15.2. The Morgan fingerprint density at radius 1 is 1.15 bits per heavy atom. The molecule has 1 N–H and O–H groups in total. The van der Waals surface area contributed by atoms with Crippen molar-refractivity contribution in [2.75, 3.05) is 12.3 Å². The highest BCUT2D eigenvalue weighted by Gasteiger charge is 2.01. The van der Waals surface area contributed by atoms with Crippen molar-refractivity contribution in [2.24, 2.45) is 4.99 Å². The van der Waals surface area contributed by atoms with Crippen LogP contribution in [0.5, 0.6) is 5.75 Å². The van der Waals surface area contributed by atoms with Crippen molar-refractivity contribution >= 4 is 41.2 Å². The van der Waals surface area contributed by atoms with Crippen LogP contribution in [0.15, 0.2) is 52.4 Å². The van der Waals surface area contributed by atoms with Crippen molar-refractivity contribution < 1.29 is 5.11 Å². The van der Waals surface area contributed by atoms with E-state index < -0.39 is 0 Å². The molecule has 5 heteroatoms. The van der Waals surface area contributed by atoms with Crippen molar-refractivity contribution in [3.63, 3.8) is 0 Å². The molecule has 2 nitrogen and oxygen atoms in total.